The Labute approximate surface area is 120 Å². The molecule has 5 nitrogen and oxygen atoms in total. The number of hydrogen-bond donors (Lipinski definition) is 1. The Bertz CT molecular complexity index is 449. The van der Waals surface area contributed by atoms with Crippen molar-refractivity contribution in [3.63, 3.8) is 0 Å². The molecular weight excluding hydrogens is 256 g/mol. The van der Waals surface area contributed by atoms with Gasteiger partial charge in [0, 0.05) is 19.7 Å². The third-order valence-corrected chi connectivity index (χ3v) is 3.42. The van der Waals surface area contributed by atoms with Gasteiger partial charge in [-0.15, -0.1) is 0 Å². The molecule has 20 heavy (non-hydrogen) atoms. The van der Waals surface area contributed by atoms with Crippen molar-refractivity contribution >= 4 is 17.3 Å². The second-order valence-electron chi connectivity index (χ2n) is 4.71. The molecule has 0 aliphatic heterocycles. The lowest BCUT2D eigenvalue weighted by molar-refractivity contribution is 0.0601. The van der Waals surface area contributed by atoms with Crippen LogP contribution in [-0.2, 0) is 9.47 Å². The number of anilines is 2. The molecule has 1 atom stereocenters. The largest absolute Gasteiger partial charge is 0.465 e. The van der Waals surface area contributed by atoms with Crippen molar-refractivity contribution in [2.45, 2.75) is 26.3 Å². The van der Waals surface area contributed by atoms with Gasteiger partial charge in [-0.3, -0.25) is 0 Å². The van der Waals surface area contributed by atoms with Gasteiger partial charge in [0.1, 0.15) is 0 Å². The van der Waals surface area contributed by atoms with Crippen LogP contribution in [0.4, 0.5) is 11.4 Å². The summed E-state index contributed by atoms with van der Waals surface area (Å²) >= 11 is 0. The van der Waals surface area contributed by atoms with E-state index in [1.165, 1.54) is 7.11 Å². The number of nitrogens with zero attached hydrogens (tertiary/aromatic N) is 1. The molecule has 0 saturated heterocycles. The molecule has 1 aromatic carbocycles. The molecule has 0 spiro atoms. The van der Waals surface area contributed by atoms with Gasteiger partial charge in [-0.05, 0) is 31.5 Å². The molecule has 0 amide bonds. The van der Waals surface area contributed by atoms with Crippen LogP contribution in [0.5, 0.6) is 0 Å². The lowest BCUT2D eigenvalue weighted by Crippen LogP contribution is -2.36. The van der Waals surface area contributed by atoms with Crippen LogP contribution >= 0.6 is 0 Å². The zero-order chi connectivity index (χ0) is 15.1. The van der Waals surface area contributed by atoms with Crippen LogP contribution in [0.3, 0.4) is 0 Å². The zero-order valence-corrected chi connectivity index (χ0v) is 12.7. The molecule has 1 aromatic rings. The number of methoxy groups -OCH3 is 2. The van der Waals surface area contributed by atoms with Crippen LogP contribution in [0.2, 0.25) is 0 Å². The number of benzene rings is 1. The molecule has 5 heteroatoms. The van der Waals surface area contributed by atoms with Crippen molar-refractivity contribution < 1.29 is 14.3 Å². The number of hydrogen-bond acceptors (Lipinski definition) is 5. The molecule has 0 radical (unpaired) electrons. The molecule has 0 fully saturated rings. The van der Waals surface area contributed by atoms with E-state index in [2.05, 4.69) is 18.7 Å². The lowest BCUT2D eigenvalue weighted by atomic mass is 10.1. The number of nitrogen functional groups attached to an aromatic ring is 1. The molecule has 2 N–H and O–H groups in total. The molecule has 0 saturated carbocycles. The Balaban J connectivity index is 3.13. The summed E-state index contributed by atoms with van der Waals surface area (Å²) in [6.07, 6.45) is 0.978. The highest BCUT2D eigenvalue weighted by Gasteiger charge is 2.17. The van der Waals surface area contributed by atoms with Crippen LogP contribution in [0.1, 0.15) is 30.6 Å². The summed E-state index contributed by atoms with van der Waals surface area (Å²) in [5.41, 5.74) is 8.06. The van der Waals surface area contributed by atoms with Crippen LogP contribution in [-0.4, -0.2) is 39.4 Å². The number of nitrogens with two attached hydrogens (primary N) is 1. The first-order valence-corrected chi connectivity index (χ1v) is 6.78. The minimum absolute atomic E-state index is 0.306. The van der Waals surface area contributed by atoms with E-state index in [1.54, 1.807) is 25.3 Å². The maximum atomic E-state index is 11.6. The Hall–Kier alpha value is -1.75. The second-order valence-corrected chi connectivity index (χ2v) is 4.71. The molecule has 0 aliphatic carbocycles. The van der Waals surface area contributed by atoms with E-state index in [0.29, 0.717) is 23.9 Å². The quantitative estimate of drug-likeness (QED) is 0.613. The van der Waals surface area contributed by atoms with E-state index in [9.17, 15) is 4.79 Å². The maximum absolute atomic E-state index is 11.6. The van der Waals surface area contributed by atoms with Gasteiger partial charge in [0.15, 0.2) is 0 Å². The number of carbonyl (C=O) groups excluding carboxylic acids is 1. The number of ether oxygens (including phenoxy) is 2. The third-order valence-electron chi connectivity index (χ3n) is 3.42. The summed E-state index contributed by atoms with van der Waals surface area (Å²) in [7, 11) is 3.04. The summed E-state index contributed by atoms with van der Waals surface area (Å²) in [4.78, 5) is 13.8. The monoisotopic (exact) mass is 280 g/mol. The predicted molar refractivity (Wildman–Crippen MR) is 81.2 cm³/mol. The van der Waals surface area contributed by atoms with Gasteiger partial charge in [0.2, 0.25) is 0 Å². The summed E-state index contributed by atoms with van der Waals surface area (Å²) < 4.78 is 9.91. The molecule has 1 unspecified atom stereocenters. The van der Waals surface area contributed by atoms with E-state index in [0.717, 1.165) is 18.7 Å². The fourth-order valence-corrected chi connectivity index (χ4v) is 2.03. The molecule has 0 heterocycles. The van der Waals surface area contributed by atoms with Gasteiger partial charge >= 0.3 is 5.97 Å². The van der Waals surface area contributed by atoms with Crippen molar-refractivity contribution in [2.75, 3.05) is 38.0 Å². The number of rotatable bonds is 7. The average Bonchev–Trinajstić information content (AvgIpc) is 2.47. The molecule has 0 aliphatic rings. The van der Waals surface area contributed by atoms with E-state index < -0.39 is 0 Å². The van der Waals surface area contributed by atoms with Gasteiger partial charge in [-0.2, -0.15) is 0 Å². The summed E-state index contributed by atoms with van der Waals surface area (Å²) in [6.45, 7) is 5.57. The van der Waals surface area contributed by atoms with Crippen molar-refractivity contribution in [3.8, 4) is 0 Å². The van der Waals surface area contributed by atoms with Crippen molar-refractivity contribution in [2.24, 2.45) is 0 Å². The smallest absolute Gasteiger partial charge is 0.337 e. The molecule has 0 aromatic heterocycles. The third kappa shape index (κ3) is 3.87. The highest BCUT2D eigenvalue weighted by Crippen LogP contribution is 2.27. The Morgan fingerprint density at radius 1 is 1.40 bits per heavy atom. The maximum Gasteiger partial charge on any atom is 0.337 e. The van der Waals surface area contributed by atoms with Gasteiger partial charge < -0.3 is 20.1 Å². The minimum Gasteiger partial charge on any atom is -0.465 e. The predicted octanol–water partition coefficient (Wildman–Crippen LogP) is 2.31. The molecule has 112 valence electrons. The van der Waals surface area contributed by atoms with E-state index in [-0.39, 0.29) is 5.97 Å². The van der Waals surface area contributed by atoms with Gasteiger partial charge in [0.25, 0.3) is 0 Å². The van der Waals surface area contributed by atoms with Crippen LogP contribution in [0, 0.1) is 0 Å². The Morgan fingerprint density at radius 2 is 2.10 bits per heavy atom. The highest BCUT2D eigenvalue weighted by molar-refractivity contribution is 5.92. The van der Waals surface area contributed by atoms with E-state index >= 15 is 0 Å². The zero-order valence-electron chi connectivity index (χ0n) is 12.7. The van der Waals surface area contributed by atoms with Gasteiger partial charge in [-0.1, -0.05) is 6.92 Å². The fraction of sp³-hybridized carbons (Fsp3) is 0.533. The summed E-state index contributed by atoms with van der Waals surface area (Å²) in [5.74, 6) is -0.359. The normalized spacial score (nSPS) is 12.0. The second kappa shape index (κ2) is 7.75. The minimum atomic E-state index is -0.359. The van der Waals surface area contributed by atoms with Crippen LogP contribution < -0.4 is 10.6 Å². The van der Waals surface area contributed by atoms with Crippen LogP contribution in [0.25, 0.3) is 0 Å². The van der Waals surface area contributed by atoms with Crippen molar-refractivity contribution in [1.82, 2.24) is 0 Å². The average molecular weight is 280 g/mol. The van der Waals surface area contributed by atoms with Crippen LogP contribution in [0.15, 0.2) is 18.2 Å². The molecular formula is C15H24N2O3. The Kier molecular flexibility index (Phi) is 6.31. The van der Waals surface area contributed by atoms with Gasteiger partial charge in [-0.25, -0.2) is 4.79 Å². The first-order chi connectivity index (χ1) is 9.54. The number of esters is 1. The first kappa shape index (κ1) is 16.3. The molecule has 1 rings (SSSR count). The Morgan fingerprint density at radius 3 is 2.65 bits per heavy atom. The van der Waals surface area contributed by atoms with E-state index in [1.807, 2.05) is 0 Å². The fourth-order valence-electron chi connectivity index (χ4n) is 2.03. The topological polar surface area (TPSA) is 64.8 Å². The SMILES string of the molecule is CCC(C)N(CCOC)c1cc(C(=O)OC)ccc1N. The highest BCUT2D eigenvalue weighted by atomic mass is 16.5. The summed E-state index contributed by atoms with van der Waals surface area (Å²) in [6, 6.07) is 5.50. The van der Waals surface area contributed by atoms with Crippen molar-refractivity contribution in [3.05, 3.63) is 23.8 Å². The standard InChI is InChI=1S/C15H24N2O3/c1-5-11(2)17(8-9-19-3)14-10-12(15(18)20-4)6-7-13(14)16/h6-7,10-11H,5,8-9,16H2,1-4H3. The summed E-state index contributed by atoms with van der Waals surface area (Å²) in [5, 5.41) is 0. The lowest BCUT2D eigenvalue weighted by Gasteiger charge is -2.31. The first-order valence-electron chi connectivity index (χ1n) is 6.78. The van der Waals surface area contributed by atoms with E-state index in [4.69, 9.17) is 15.2 Å². The van der Waals surface area contributed by atoms with Gasteiger partial charge in [0.05, 0.1) is 30.7 Å². The van der Waals surface area contributed by atoms with Crippen molar-refractivity contribution in [1.29, 1.82) is 0 Å². The molecule has 0 bridgehead atoms. The number of carbonyl (C=O) groups is 1.